The second kappa shape index (κ2) is 6.24. The number of rotatable bonds is 4. The summed E-state index contributed by atoms with van der Waals surface area (Å²) in [6.07, 6.45) is 2.42. The van der Waals surface area contributed by atoms with Crippen molar-refractivity contribution < 1.29 is 8.42 Å². The topological polar surface area (TPSA) is 63.4 Å². The molecule has 1 aromatic carbocycles. The van der Waals surface area contributed by atoms with E-state index in [1.165, 1.54) is 12.7 Å². The van der Waals surface area contributed by atoms with Crippen LogP contribution in [0.15, 0.2) is 29.2 Å². The summed E-state index contributed by atoms with van der Waals surface area (Å²) in [5.41, 5.74) is 6.98. The molecule has 2 N–H and O–H groups in total. The average molecular weight is 296 g/mol. The molecule has 1 fully saturated rings. The molecule has 1 heterocycles. The van der Waals surface area contributed by atoms with Crippen LogP contribution in [0.3, 0.4) is 0 Å². The summed E-state index contributed by atoms with van der Waals surface area (Å²) in [4.78, 5) is 2.79. The Hall–Kier alpha value is -0.910. The van der Waals surface area contributed by atoms with E-state index in [2.05, 4.69) is 11.8 Å². The molecule has 2 unspecified atom stereocenters. The fraction of sp³-hybridized carbons (Fsp3) is 0.600. The molecule has 0 spiro atoms. The van der Waals surface area contributed by atoms with Gasteiger partial charge in [0, 0.05) is 19.3 Å². The summed E-state index contributed by atoms with van der Waals surface area (Å²) >= 11 is 0. The van der Waals surface area contributed by atoms with Gasteiger partial charge in [0.2, 0.25) is 0 Å². The van der Waals surface area contributed by atoms with Crippen molar-refractivity contribution in [2.75, 3.05) is 25.9 Å². The van der Waals surface area contributed by atoms with Gasteiger partial charge in [-0.15, -0.1) is 0 Å². The summed E-state index contributed by atoms with van der Waals surface area (Å²) < 4.78 is 22.9. The minimum Gasteiger partial charge on any atom is -0.330 e. The molecule has 2 rings (SSSR count). The molecule has 1 aliphatic heterocycles. The van der Waals surface area contributed by atoms with Gasteiger partial charge in [0.1, 0.15) is 0 Å². The molecule has 0 aromatic heterocycles. The quantitative estimate of drug-likeness (QED) is 0.915. The Labute approximate surface area is 121 Å². The summed E-state index contributed by atoms with van der Waals surface area (Å²) in [6, 6.07) is 7.20. The molecule has 0 saturated carbocycles. The van der Waals surface area contributed by atoms with Gasteiger partial charge in [-0.2, -0.15) is 0 Å². The zero-order valence-corrected chi connectivity index (χ0v) is 13.1. The smallest absolute Gasteiger partial charge is 0.175 e. The number of hydrogen-bond donors (Lipinski definition) is 1. The van der Waals surface area contributed by atoms with Gasteiger partial charge in [0.05, 0.1) is 4.90 Å². The predicted molar refractivity (Wildman–Crippen MR) is 81.2 cm³/mol. The molecular weight excluding hydrogens is 272 g/mol. The van der Waals surface area contributed by atoms with E-state index in [0.717, 1.165) is 31.7 Å². The highest BCUT2D eigenvalue weighted by molar-refractivity contribution is 7.90. The lowest BCUT2D eigenvalue weighted by Crippen LogP contribution is -2.42. The number of nitrogens with zero attached hydrogens (tertiary/aromatic N) is 1. The highest BCUT2D eigenvalue weighted by Gasteiger charge is 2.24. The first-order valence-electron chi connectivity index (χ1n) is 7.11. The molecular formula is C15H24N2O2S. The SMILES string of the molecule is CC1CCN(Cc2ccc(S(C)(=O)=O)cc2)CC1CN. The van der Waals surface area contributed by atoms with Crippen molar-refractivity contribution in [1.82, 2.24) is 4.90 Å². The third-order valence-electron chi connectivity index (χ3n) is 4.26. The summed E-state index contributed by atoms with van der Waals surface area (Å²) in [5, 5.41) is 0. The highest BCUT2D eigenvalue weighted by atomic mass is 32.2. The van der Waals surface area contributed by atoms with Gasteiger partial charge in [0.25, 0.3) is 0 Å². The van der Waals surface area contributed by atoms with E-state index in [1.54, 1.807) is 12.1 Å². The van der Waals surface area contributed by atoms with Crippen LogP contribution < -0.4 is 5.73 Å². The molecule has 1 aliphatic rings. The lowest BCUT2D eigenvalue weighted by molar-refractivity contribution is 0.126. The van der Waals surface area contributed by atoms with Gasteiger partial charge in [-0.3, -0.25) is 4.90 Å². The number of sulfone groups is 1. The largest absolute Gasteiger partial charge is 0.330 e. The van der Waals surface area contributed by atoms with E-state index in [9.17, 15) is 8.42 Å². The Balaban J connectivity index is 2.00. The van der Waals surface area contributed by atoms with Gasteiger partial charge in [-0.1, -0.05) is 19.1 Å². The average Bonchev–Trinajstić information content (AvgIpc) is 2.40. The van der Waals surface area contributed by atoms with Crippen molar-refractivity contribution >= 4 is 9.84 Å². The van der Waals surface area contributed by atoms with Crippen LogP contribution in [-0.4, -0.2) is 39.2 Å². The summed E-state index contributed by atoms with van der Waals surface area (Å²) in [5.74, 6) is 1.27. The lowest BCUT2D eigenvalue weighted by Gasteiger charge is -2.36. The number of likely N-dealkylation sites (tertiary alicyclic amines) is 1. The zero-order chi connectivity index (χ0) is 14.8. The molecule has 0 bridgehead atoms. The minimum atomic E-state index is -3.10. The third kappa shape index (κ3) is 3.81. The fourth-order valence-corrected chi connectivity index (χ4v) is 3.41. The number of benzene rings is 1. The fourth-order valence-electron chi connectivity index (χ4n) is 2.78. The van der Waals surface area contributed by atoms with Crippen LogP contribution in [0.2, 0.25) is 0 Å². The molecule has 0 amide bonds. The maximum absolute atomic E-state index is 11.4. The standard InChI is InChI=1S/C15H24N2O2S/c1-12-7-8-17(11-14(12)9-16)10-13-3-5-15(6-4-13)20(2,18)19/h3-6,12,14H,7-11,16H2,1-2H3. The molecule has 4 nitrogen and oxygen atoms in total. The van der Waals surface area contributed by atoms with Crippen LogP contribution >= 0.6 is 0 Å². The van der Waals surface area contributed by atoms with Gasteiger partial charge < -0.3 is 5.73 Å². The van der Waals surface area contributed by atoms with Gasteiger partial charge in [-0.25, -0.2) is 8.42 Å². The lowest BCUT2D eigenvalue weighted by atomic mass is 9.87. The molecule has 0 radical (unpaired) electrons. The maximum Gasteiger partial charge on any atom is 0.175 e. The molecule has 5 heteroatoms. The minimum absolute atomic E-state index is 0.383. The van der Waals surface area contributed by atoms with Crippen LogP contribution in [0.1, 0.15) is 18.9 Å². The van der Waals surface area contributed by atoms with Crippen molar-refractivity contribution in [3.05, 3.63) is 29.8 Å². The van der Waals surface area contributed by atoms with Gasteiger partial charge >= 0.3 is 0 Å². The molecule has 112 valence electrons. The second-order valence-corrected chi connectivity index (χ2v) is 7.93. The first-order valence-corrected chi connectivity index (χ1v) is 9.00. The normalized spacial score (nSPS) is 24.8. The van der Waals surface area contributed by atoms with E-state index < -0.39 is 9.84 Å². The molecule has 2 atom stereocenters. The molecule has 0 aliphatic carbocycles. The van der Waals surface area contributed by atoms with Crippen molar-refractivity contribution in [3.8, 4) is 0 Å². The summed E-state index contributed by atoms with van der Waals surface area (Å²) in [6.45, 7) is 6.00. The number of piperidine rings is 1. The highest BCUT2D eigenvalue weighted by Crippen LogP contribution is 2.23. The van der Waals surface area contributed by atoms with Crippen LogP contribution in [0.4, 0.5) is 0 Å². The molecule has 1 saturated heterocycles. The van der Waals surface area contributed by atoms with Crippen LogP contribution in [0.25, 0.3) is 0 Å². The van der Waals surface area contributed by atoms with E-state index >= 15 is 0 Å². The van der Waals surface area contributed by atoms with E-state index in [4.69, 9.17) is 5.73 Å². The Morgan fingerprint density at radius 1 is 1.30 bits per heavy atom. The van der Waals surface area contributed by atoms with Gasteiger partial charge in [0.15, 0.2) is 9.84 Å². The van der Waals surface area contributed by atoms with Crippen molar-refractivity contribution in [3.63, 3.8) is 0 Å². The monoisotopic (exact) mass is 296 g/mol. The third-order valence-corrected chi connectivity index (χ3v) is 5.39. The van der Waals surface area contributed by atoms with E-state index in [-0.39, 0.29) is 0 Å². The first kappa shape index (κ1) is 15.5. The molecule has 1 aromatic rings. The van der Waals surface area contributed by atoms with Crippen LogP contribution in [0, 0.1) is 11.8 Å². The van der Waals surface area contributed by atoms with E-state index in [0.29, 0.717) is 16.7 Å². The number of nitrogens with two attached hydrogens (primary N) is 1. The van der Waals surface area contributed by atoms with Crippen molar-refractivity contribution in [2.24, 2.45) is 17.6 Å². The molecule has 20 heavy (non-hydrogen) atoms. The van der Waals surface area contributed by atoms with Gasteiger partial charge in [-0.05, 0) is 49.0 Å². The van der Waals surface area contributed by atoms with Crippen molar-refractivity contribution in [2.45, 2.75) is 24.8 Å². The first-order chi connectivity index (χ1) is 9.40. The Kier molecular flexibility index (Phi) is 4.83. The van der Waals surface area contributed by atoms with Crippen molar-refractivity contribution in [1.29, 1.82) is 0 Å². The second-order valence-electron chi connectivity index (χ2n) is 5.91. The zero-order valence-electron chi connectivity index (χ0n) is 12.2. The van der Waals surface area contributed by atoms with Crippen LogP contribution in [-0.2, 0) is 16.4 Å². The Morgan fingerprint density at radius 3 is 2.50 bits per heavy atom. The predicted octanol–water partition coefficient (Wildman–Crippen LogP) is 1.51. The maximum atomic E-state index is 11.4. The summed E-state index contributed by atoms with van der Waals surface area (Å²) in [7, 11) is -3.10. The van der Waals surface area contributed by atoms with E-state index in [1.807, 2.05) is 12.1 Å². The number of hydrogen-bond acceptors (Lipinski definition) is 4. The van der Waals surface area contributed by atoms with Crippen LogP contribution in [0.5, 0.6) is 0 Å². The Morgan fingerprint density at radius 2 is 1.95 bits per heavy atom. The Bertz CT molecular complexity index is 539.